The van der Waals surface area contributed by atoms with Crippen LogP contribution in [0.2, 0.25) is 0 Å². The number of rotatable bonds is 1. The number of aliphatic hydroxyl groups excluding tert-OH is 1. The first kappa shape index (κ1) is 10.5. The topological polar surface area (TPSA) is 38.0 Å². The molecule has 1 unspecified atom stereocenters. The number of hydrogen-bond acceptors (Lipinski definition) is 2. The van der Waals surface area contributed by atoms with Crippen molar-refractivity contribution < 1.29 is 18.3 Å². The third kappa shape index (κ3) is 1.62. The van der Waals surface area contributed by atoms with Crippen molar-refractivity contribution in [3.63, 3.8) is 0 Å². The summed E-state index contributed by atoms with van der Waals surface area (Å²) in [5, 5.41) is 12.9. The van der Waals surface area contributed by atoms with E-state index in [-0.39, 0.29) is 18.4 Å². The highest BCUT2D eigenvalue weighted by Gasteiger charge is 2.41. The molecule has 0 spiro atoms. The molecule has 1 N–H and O–H groups in total. The van der Waals surface area contributed by atoms with E-state index in [2.05, 4.69) is 5.10 Å². The lowest BCUT2D eigenvalue weighted by atomic mass is 10.2. The molecule has 3 nitrogen and oxygen atoms in total. The Labute approximate surface area is 84.5 Å². The molecule has 0 aliphatic heterocycles. The summed E-state index contributed by atoms with van der Waals surface area (Å²) in [5.74, 6) is 0. The van der Waals surface area contributed by atoms with E-state index in [9.17, 15) is 18.3 Å². The molecule has 0 amide bonds. The Morgan fingerprint density at radius 3 is 2.67 bits per heavy atom. The van der Waals surface area contributed by atoms with Crippen LogP contribution in [0.3, 0.4) is 0 Å². The average molecular weight is 220 g/mol. The second-order valence-electron chi connectivity index (χ2n) is 3.65. The highest BCUT2D eigenvalue weighted by Crippen LogP contribution is 2.36. The zero-order valence-electron chi connectivity index (χ0n) is 8.17. The van der Waals surface area contributed by atoms with Gasteiger partial charge in [-0.1, -0.05) is 0 Å². The standard InChI is InChI=1S/C9H11F3N2O/c1-2-14-7-4-5(15)3-6(7)8(13-14)9(10,11)12/h5,15H,2-4H2,1H3. The Hall–Kier alpha value is -1.04. The van der Waals surface area contributed by atoms with E-state index >= 15 is 0 Å². The van der Waals surface area contributed by atoms with Gasteiger partial charge in [0.1, 0.15) is 0 Å². The molecular formula is C9H11F3N2O. The maximum absolute atomic E-state index is 12.6. The van der Waals surface area contributed by atoms with E-state index in [4.69, 9.17) is 0 Å². The van der Waals surface area contributed by atoms with Gasteiger partial charge in [-0.15, -0.1) is 0 Å². The van der Waals surface area contributed by atoms with Crippen LogP contribution in [0.15, 0.2) is 0 Å². The van der Waals surface area contributed by atoms with E-state index < -0.39 is 18.0 Å². The first-order valence-corrected chi connectivity index (χ1v) is 4.77. The molecule has 1 aromatic rings. The van der Waals surface area contributed by atoms with Crippen molar-refractivity contribution in [3.8, 4) is 0 Å². The summed E-state index contributed by atoms with van der Waals surface area (Å²) in [6.45, 7) is 2.13. The second-order valence-corrected chi connectivity index (χ2v) is 3.65. The number of alkyl halides is 3. The van der Waals surface area contributed by atoms with Gasteiger partial charge in [-0.25, -0.2) is 0 Å². The van der Waals surface area contributed by atoms with Crippen LogP contribution < -0.4 is 0 Å². The lowest BCUT2D eigenvalue weighted by Crippen LogP contribution is -2.14. The Bertz CT molecular complexity index is 383. The molecule has 15 heavy (non-hydrogen) atoms. The van der Waals surface area contributed by atoms with Crippen LogP contribution in [0.1, 0.15) is 23.9 Å². The van der Waals surface area contributed by atoms with Gasteiger partial charge < -0.3 is 5.11 Å². The van der Waals surface area contributed by atoms with Gasteiger partial charge in [0.15, 0.2) is 5.69 Å². The van der Waals surface area contributed by atoms with Crippen LogP contribution in [0.5, 0.6) is 0 Å². The normalized spacial score (nSPS) is 20.7. The van der Waals surface area contributed by atoms with Gasteiger partial charge in [-0.05, 0) is 6.92 Å². The Balaban J connectivity index is 2.51. The predicted octanol–water partition coefficient (Wildman–Crippen LogP) is 1.38. The van der Waals surface area contributed by atoms with Crippen LogP contribution in [0.4, 0.5) is 13.2 Å². The van der Waals surface area contributed by atoms with Gasteiger partial charge in [0.05, 0.1) is 6.10 Å². The Morgan fingerprint density at radius 2 is 2.13 bits per heavy atom. The van der Waals surface area contributed by atoms with E-state index in [0.717, 1.165) is 0 Å². The molecule has 84 valence electrons. The van der Waals surface area contributed by atoms with Gasteiger partial charge in [-0.2, -0.15) is 18.3 Å². The lowest BCUT2D eigenvalue weighted by Gasteiger charge is -2.05. The number of hydrogen-bond donors (Lipinski definition) is 1. The average Bonchev–Trinajstić information content (AvgIpc) is 2.59. The minimum Gasteiger partial charge on any atom is -0.392 e. The monoisotopic (exact) mass is 220 g/mol. The molecule has 1 aliphatic rings. The first-order valence-electron chi connectivity index (χ1n) is 4.77. The lowest BCUT2D eigenvalue weighted by molar-refractivity contribution is -0.142. The van der Waals surface area contributed by atoms with Gasteiger partial charge in [0.2, 0.25) is 0 Å². The van der Waals surface area contributed by atoms with Crippen molar-refractivity contribution in [1.82, 2.24) is 9.78 Å². The minimum absolute atomic E-state index is 0.0597. The highest BCUT2D eigenvalue weighted by molar-refractivity contribution is 5.34. The number of aliphatic hydroxyl groups is 1. The maximum Gasteiger partial charge on any atom is 0.435 e. The fraction of sp³-hybridized carbons (Fsp3) is 0.667. The molecule has 0 saturated carbocycles. The van der Waals surface area contributed by atoms with Gasteiger partial charge in [0, 0.05) is 30.6 Å². The quantitative estimate of drug-likeness (QED) is 0.776. The van der Waals surface area contributed by atoms with Crippen molar-refractivity contribution in [2.75, 3.05) is 0 Å². The fourth-order valence-electron chi connectivity index (χ4n) is 2.00. The Morgan fingerprint density at radius 1 is 1.47 bits per heavy atom. The number of halogens is 3. The van der Waals surface area contributed by atoms with Crippen LogP contribution in [-0.4, -0.2) is 21.0 Å². The van der Waals surface area contributed by atoms with Crippen LogP contribution in [-0.2, 0) is 25.6 Å². The summed E-state index contributed by atoms with van der Waals surface area (Å²) in [5.41, 5.74) is -0.148. The summed E-state index contributed by atoms with van der Waals surface area (Å²) in [4.78, 5) is 0. The summed E-state index contributed by atoms with van der Waals surface area (Å²) >= 11 is 0. The molecule has 0 aromatic carbocycles. The highest BCUT2D eigenvalue weighted by atomic mass is 19.4. The summed E-state index contributed by atoms with van der Waals surface area (Å²) in [6.07, 6.45) is -4.79. The SMILES string of the molecule is CCn1nc(C(F)(F)F)c2c1CC(O)C2. The first-order chi connectivity index (χ1) is 6.93. The molecule has 0 radical (unpaired) electrons. The molecule has 0 saturated heterocycles. The number of nitrogens with zero attached hydrogens (tertiary/aromatic N) is 2. The molecule has 1 aromatic heterocycles. The van der Waals surface area contributed by atoms with E-state index in [1.165, 1.54) is 4.68 Å². The predicted molar refractivity (Wildman–Crippen MR) is 46.3 cm³/mol. The molecule has 1 atom stereocenters. The summed E-state index contributed by atoms with van der Waals surface area (Å²) in [7, 11) is 0. The van der Waals surface area contributed by atoms with Crippen LogP contribution in [0, 0.1) is 0 Å². The summed E-state index contributed by atoms with van der Waals surface area (Å²) in [6, 6.07) is 0. The smallest absolute Gasteiger partial charge is 0.392 e. The third-order valence-electron chi connectivity index (χ3n) is 2.60. The van der Waals surface area contributed by atoms with E-state index in [0.29, 0.717) is 12.2 Å². The van der Waals surface area contributed by atoms with Crippen molar-refractivity contribution in [3.05, 3.63) is 17.0 Å². The van der Waals surface area contributed by atoms with Crippen molar-refractivity contribution in [2.45, 2.75) is 38.6 Å². The molecule has 1 heterocycles. The number of aryl methyl sites for hydroxylation is 1. The Kier molecular flexibility index (Phi) is 2.26. The van der Waals surface area contributed by atoms with Crippen LogP contribution in [0.25, 0.3) is 0 Å². The van der Waals surface area contributed by atoms with Crippen molar-refractivity contribution in [2.24, 2.45) is 0 Å². The van der Waals surface area contributed by atoms with Gasteiger partial charge in [-0.3, -0.25) is 4.68 Å². The molecule has 6 heteroatoms. The van der Waals surface area contributed by atoms with Gasteiger partial charge in [0.25, 0.3) is 0 Å². The van der Waals surface area contributed by atoms with Crippen LogP contribution >= 0.6 is 0 Å². The molecule has 2 rings (SSSR count). The third-order valence-corrected chi connectivity index (χ3v) is 2.60. The maximum atomic E-state index is 12.6. The van der Waals surface area contributed by atoms with E-state index in [1.807, 2.05) is 0 Å². The molecule has 0 fully saturated rings. The number of fused-ring (bicyclic) bond motifs is 1. The minimum atomic E-state index is -4.42. The van der Waals surface area contributed by atoms with E-state index in [1.54, 1.807) is 6.92 Å². The molecule has 1 aliphatic carbocycles. The fourth-order valence-corrected chi connectivity index (χ4v) is 2.00. The second kappa shape index (κ2) is 3.23. The number of aromatic nitrogens is 2. The molecule has 0 bridgehead atoms. The summed E-state index contributed by atoms with van der Waals surface area (Å²) < 4.78 is 39.0. The van der Waals surface area contributed by atoms with Crippen molar-refractivity contribution in [1.29, 1.82) is 0 Å². The zero-order chi connectivity index (χ0) is 11.2. The van der Waals surface area contributed by atoms with Gasteiger partial charge >= 0.3 is 6.18 Å². The molecular weight excluding hydrogens is 209 g/mol. The van der Waals surface area contributed by atoms with Crippen molar-refractivity contribution >= 4 is 0 Å². The zero-order valence-corrected chi connectivity index (χ0v) is 8.17. The largest absolute Gasteiger partial charge is 0.435 e.